The molecule has 2 aromatic rings. The lowest BCUT2D eigenvalue weighted by Gasteiger charge is -2.27. The zero-order chi connectivity index (χ0) is 16.9. The van der Waals surface area contributed by atoms with Gasteiger partial charge in [0.25, 0.3) is 5.56 Å². The lowest BCUT2D eigenvalue weighted by molar-refractivity contribution is -0.116. The molecule has 0 radical (unpaired) electrons. The van der Waals surface area contributed by atoms with Gasteiger partial charge in [-0.15, -0.1) is 0 Å². The molecule has 0 spiro atoms. The normalized spacial score (nSPS) is 16.9. The van der Waals surface area contributed by atoms with E-state index in [9.17, 15) is 14.4 Å². The zero-order valence-electron chi connectivity index (χ0n) is 12.4. The maximum atomic E-state index is 12.6. The van der Waals surface area contributed by atoms with E-state index < -0.39 is 17.2 Å². The molecule has 1 atom stereocenters. The molecule has 1 aliphatic rings. The van der Waals surface area contributed by atoms with E-state index in [1.807, 2.05) is 0 Å². The first kappa shape index (κ1) is 15.8. The molecule has 0 aliphatic carbocycles. The van der Waals surface area contributed by atoms with Crippen LogP contribution in [0.4, 0.5) is 5.82 Å². The highest BCUT2D eigenvalue weighted by Gasteiger charge is 2.33. The highest BCUT2D eigenvalue weighted by atomic mass is 35.5. The number of benzene rings is 1. The SMILES string of the molecule is Cn1c2c(c(=O)n(C)c1=O)C(c1cccc(Cl)c1Cl)CC(=O)N2. The van der Waals surface area contributed by atoms with Gasteiger partial charge in [-0.25, -0.2) is 4.79 Å². The Bertz CT molecular complexity index is 946. The standard InChI is InChI=1S/C15H13Cl2N3O3/c1-19-13-11(14(22)20(2)15(19)23)8(6-10(21)18-13)7-4-3-5-9(16)12(7)17/h3-5,8H,6H2,1-2H3,(H,18,21). The number of amides is 1. The number of halogens is 2. The third-order valence-corrected chi connectivity index (χ3v) is 4.89. The summed E-state index contributed by atoms with van der Waals surface area (Å²) in [5.41, 5.74) is -0.0413. The fourth-order valence-electron chi connectivity index (χ4n) is 2.86. The Morgan fingerprint density at radius 1 is 1.13 bits per heavy atom. The highest BCUT2D eigenvalue weighted by molar-refractivity contribution is 6.42. The summed E-state index contributed by atoms with van der Waals surface area (Å²) in [6, 6.07) is 5.07. The average Bonchev–Trinajstić information content (AvgIpc) is 2.52. The van der Waals surface area contributed by atoms with E-state index in [4.69, 9.17) is 23.2 Å². The van der Waals surface area contributed by atoms with Crippen molar-refractivity contribution in [3.63, 3.8) is 0 Å². The Hall–Kier alpha value is -2.05. The van der Waals surface area contributed by atoms with Crippen LogP contribution in [-0.2, 0) is 18.9 Å². The summed E-state index contributed by atoms with van der Waals surface area (Å²) >= 11 is 12.3. The second kappa shape index (κ2) is 5.54. The maximum Gasteiger partial charge on any atom is 0.332 e. The highest BCUT2D eigenvalue weighted by Crippen LogP contribution is 2.39. The number of rotatable bonds is 1. The molecule has 8 heteroatoms. The molecule has 23 heavy (non-hydrogen) atoms. The summed E-state index contributed by atoms with van der Waals surface area (Å²) in [5, 5.41) is 3.25. The van der Waals surface area contributed by atoms with Crippen LogP contribution in [0, 0.1) is 0 Å². The topological polar surface area (TPSA) is 73.1 Å². The quantitative estimate of drug-likeness (QED) is 0.850. The van der Waals surface area contributed by atoms with Crippen LogP contribution in [-0.4, -0.2) is 15.0 Å². The van der Waals surface area contributed by atoms with Crippen molar-refractivity contribution in [1.29, 1.82) is 0 Å². The molecule has 6 nitrogen and oxygen atoms in total. The fraction of sp³-hybridized carbons (Fsp3) is 0.267. The molecule has 0 fully saturated rings. The molecule has 1 aliphatic heterocycles. The summed E-state index contributed by atoms with van der Waals surface area (Å²) in [4.78, 5) is 36.7. The molecule has 120 valence electrons. The smallest absolute Gasteiger partial charge is 0.312 e. The maximum absolute atomic E-state index is 12.6. The van der Waals surface area contributed by atoms with Crippen molar-refractivity contribution in [1.82, 2.24) is 9.13 Å². The average molecular weight is 354 g/mol. The van der Waals surface area contributed by atoms with E-state index in [0.29, 0.717) is 21.2 Å². The van der Waals surface area contributed by atoms with Crippen molar-refractivity contribution >= 4 is 34.9 Å². The fourth-order valence-corrected chi connectivity index (χ4v) is 3.30. The molecule has 2 heterocycles. The predicted octanol–water partition coefficient (Wildman–Crippen LogP) is 1.86. The largest absolute Gasteiger partial charge is 0.332 e. The number of anilines is 1. The molecule has 0 bridgehead atoms. The van der Waals surface area contributed by atoms with E-state index in [1.165, 1.54) is 18.7 Å². The van der Waals surface area contributed by atoms with Gasteiger partial charge in [0.2, 0.25) is 5.91 Å². The van der Waals surface area contributed by atoms with Gasteiger partial charge in [0, 0.05) is 26.4 Å². The van der Waals surface area contributed by atoms with E-state index in [0.717, 1.165) is 4.57 Å². The summed E-state index contributed by atoms with van der Waals surface area (Å²) in [5.74, 6) is -0.646. The van der Waals surface area contributed by atoms with Crippen LogP contribution in [0.25, 0.3) is 0 Å². The molecular formula is C15H13Cl2N3O3. The van der Waals surface area contributed by atoms with Crippen molar-refractivity contribution in [2.75, 3.05) is 5.32 Å². The van der Waals surface area contributed by atoms with E-state index in [2.05, 4.69) is 5.32 Å². The van der Waals surface area contributed by atoms with Gasteiger partial charge in [-0.05, 0) is 11.6 Å². The Morgan fingerprint density at radius 2 is 1.83 bits per heavy atom. The van der Waals surface area contributed by atoms with Crippen LogP contribution in [0.3, 0.4) is 0 Å². The summed E-state index contributed by atoms with van der Waals surface area (Å²) in [7, 11) is 2.90. The lowest BCUT2D eigenvalue weighted by Crippen LogP contribution is -2.44. The number of aromatic nitrogens is 2. The number of hydrogen-bond donors (Lipinski definition) is 1. The number of fused-ring (bicyclic) bond motifs is 1. The minimum Gasteiger partial charge on any atom is -0.312 e. The lowest BCUT2D eigenvalue weighted by atomic mass is 9.86. The monoisotopic (exact) mass is 353 g/mol. The number of nitrogens with one attached hydrogen (secondary N) is 1. The summed E-state index contributed by atoms with van der Waals surface area (Å²) < 4.78 is 2.26. The van der Waals surface area contributed by atoms with E-state index in [-0.39, 0.29) is 18.1 Å². The molecule has 1 aromatic heterocycles. The van der Waals surface area contributed by atoms with Crippen molar-refractivity contribution in [3.05, 3.63) is 60.2 Å². The molecule has 0 saturated heterocycles. The Morgan fingerprint density at radius 3 is 2.52 bits per heavy atom. The van der Waals surface area contributed by atoms with Crippen LogP contribution in [0.15, 0.2) is 27.8 Å². The first-order chi connectivity index (χ1) is 10.8. The van der Waals surface area contributed by atoms with Gasteiger partial charge < -0.3 is 5.32 Å². The Balaban J connectivity index is 2.36. The summed E-state index contributed by atoms with van der Waals surface area (Å²) in [6.07, 6.45) is 0.0561. The first-order valence-corrected chi connectivity index (χ1v) is 7.62. The van der Waals surface area contributed by atoms with Gasteiger partial charge in [-0.3, -0.25) is 18.7 Å². The zero-order valence-corrected chi connectivity index (χ0v) is 13.9. The van der Waals surface area contributed by atoms with Crippen LogP contribution < -0.4 is 16.6 Å². The molecule has 1 unspecified atom stereocenters. The minimum atomic E-state index is -0.560. The molecule has 1 N–H and O–H groups in total. The van der Waals surface area contributed by atoms with Crippen molar-refractivity contribution in [2.45, 2.75) is 12.3 Å². The molecule has 1 aromatic carbocycles. The first-order valence-electron chi connectivity index (χ1n) is 6.86. The van der Waals surface area contributed by atoms with Crippen LogP contribution in [0.1, 0.15) is 23.5 Å². The number of hydrogen-bond acceptors (Lipinski definition) is 3. The van der Waals surface area contributed by atoms with Gasteiger partial charge >= 0.3 is 5.69 Å². The van der Waals surface area contributed by atoms with Gasteiger partial charge in [-0.2, -0.15) is 0 Å². The van der Waals surface area contributed by atoms with Gasteiger partial charge in [0.1, 0.15) is 5.82 Å². The van der Waals surface area contributed by atoms with Crippen molar-refractivity contribution in [2.24, 2.45) is 14.1 Å². The van der Waals surface area contributed by atoms with Crippen LogP contribution in [0.5, 0.6) is 0 Å². The second-order valence-electron chi connectivity index (χ2n) is 5.42. The Kier molecular flexibility index (Phi) is 3.82. The number of carbonyl (C=O) groups is 1. The van der Waals surface area contributed by atoms with E-state index >= 15 is 0 Å². The van der Waals surface area contributed by atoms with Gasteiger partial charge in [0.05, 0.1) is 15.6 Å². The number of carbonyl (C=O) groups excluding carboxylic acids is 1. The molecule has 1 amide bonds. The molecule has 3 rings (SSSR count). The van der Waals surface area contributed by atoms with Crippen LogP contribution >= 0.6 is 23.2 Å². The Labute approximate surface area is 141 Å². The molecular weight excluding hydrogens is 341 g/mol. The molecule has 0 saturated carbocycles. The van der Waals surface area contributed by atoms with Crippen molar-refractivity contribution < 1.29 is 4.79 Å². The minimum absolute atomic E-state index is 0.0561. The third kappa shape index (κ3) is 2.38. The summed E-state index contributed by atoms with van der Waals surface area (Å²) in [6.45, 7) is 0. The van der Waals surface area contributed by atoms with Gasteiger partial charge in [0.15, 0.2) is 0 Å². The van der Waals surface area contributed by atoms with Crippen LogP contribution in [0.2, 0.25) is 10.0 Å². The predicted molar refractivity (Wildman–Crippen MR) is 88.5 cm³/mol. The third-order valence-electron chi connectivity index (χ3n) is 4.05. The van der Waals surface area contributed by atoms with E-state index in [1.54, 1.807) is 18.2 Å². The van der Waals surface area contributed by atoms with Gasteiger partial charge in [-0.1, -0.05) is 35.3 Å². The number of nitrogens with zero attached hydrogens (tertiary/aromatic N) is 2. The second-order valence-corrected chi connectivity index (χ2v) is 6.20. The van der Waals surface area contributed by atoms with Crippen molar-refractivity contribution in [3.8, 4) is 0 Å².